The third-order valence-corrected chi connectivity index (χ3v) is 5.80. The highest BCUT2D eigenvalue weighted by atomic mass is 16.5. The lowest BCUT2D eigenvalue weighted by Crippen LogP contribution is -2.32. The first-order valence-electron chi connectivity index (χ1n) is 10.8. The smallest absolute Gasteiger partial charge is 0.258 e. The molecule has 0 unspecified atom stereocenters. The molecular formula is C24H24N6O3. The van der Waals surface area contributed by atoms with Crippen molar-refractivity contribution in [3.05, 3.63) is 71.3 Å². The Morgan fingerprint density at radius 2 is 1.91 bits per heavy atom. The Kier molecular flexibility index (Phi) is 5.37. The molecule has 5 rings (SSSR count). The monoisotopic (exact) mass is 444 g/mol. The number of nitrogens with zero attached hydrogens (tertiary/aromatic N) is 6. The molecule has 0 saturated carbocycles. The predicted molar refractivity (Wildman–Crippen MR) is 120 cm³/mol. The molecule has 1 fully saturated rings. The molecule has 4 aromatic rings. The average Bonchev–Trinajstić information content (AvgIpc) is 3.59. The number of ether oxygens (including phenoxy) is 1. The van der Waals surface area contributed by atoms with Crippen LogP contribution in [-0.4, -0.2) is 49.6 Å². The van der Waals surface area contributed by atoms with Crippen molar-refractivity contribution in [3.63, 3.8) is 0 Å². The number of aromatic nitrogens is 5. The molecule has 0 bridgehead atoms. The van der Waals surface area contributed by atoms with Crippen LogP contribution < -0.4 is 4.74 Å². The molecule has 9 nitrogen and oxygen atoms in total. The molecule has 1 aliphatic rings. The molecule has 2 aromatic carbocycles. The topological polar surface area (TPSA) is 99.2 Å². The summed E-state index contributed by atoms with van der Waals surface area (Å²) in [5.41, 5.74) is 3.99. The number of methoxy groups -OCH3 is 1. The molecule has 9 heteroatoms. The third kappa shape index (κ3) is 3.97. The van der Waals surface area contributed by atoms with Crippen molar-refractivity contribution in [2.75, 3.05) is 13.7 Å². The normalized spacial score (nSPS) is 15.7. The van der Waals surface area contributed by atoms with Gasteiger partial charge in [-0.1, -0.05) is 16.8 Å². The first-order valence-corrected chi connectivity index (χ1v) is 10.8. The summed E-state index contributed by atoms with van der Waals surface area (Å²) in [6.45, 7) is 4.56. The predicted octanol–water partition coefficient (Wildman–Crippen LogP) is 3.92. The molecule has 1 amide bonds. The summed E-state index contributed by atoms with van der Waals surface area (Å²) in [6.07, 6.45) is 4.81. The van der Waals surface area contributed by atoms with Crippen molar-refractivity contribution in [1.29, 1.82) is 0 Å². The first-order chi connectivity index (χ1) is 16.0. The fourth-order valence-corrected chi connectivity index (χ4v) is 4.25. The van der Waals surface area contributed by atoms with Gasteiger partial charge in [0, 0.05) is 12.1 Å². The minimum Gasteiger partial charge on any atom is -0.497 e. The van der Waals surface area contributed by atoms with Gasteiger partial charge in [-0.15, -0.1) is 0 Å². The number of hydrogen-bond acceptors (Lipinski definition) is 7. The maximum absolute atomic E-state index is 13.7. The van der Waals surface area contributed by atoms with Gasteiger partial charge < -0.3 is 14.2 Å². The SMILES string of the molecule is COc1cc(C)cc(-c2nc([C@@H]3CCCN3C(=O)c3cc(C)ccc3-n3nccn3)no2)c1. The van der Waals surface area contributed by atoms with Gasteiger partial charge in [0.15, 0.2) is 5.82 Å². The molecule has 1 aliphatic heterocycles. The Morgan fingerprint density at radius 1 is 1.09 bits per heavy atom. The van der Waals surface area contributed by atoms with E-state index in [1.165, 1.54) is 4.80 Å². The number of carbonyl (C=O) groups excluding carboxylic acids is 1. The summed E-state index contributed by atoms with van der Waals surface area (Å²) in [5, 5.41) is 12.6. The minimum absolute atomic E-state index is 0.0999. The highest BCUT2D eigenvalue weighted by Gasteiger charge is 2.35. The van der Waals surface area contributed by atoms with Crippen molar-refractivity contribution >= 4 is 5.91 Å². The zero-order valence-electron chi connectivity index (χ0n) is 18.7. The largest absolute Gasteiger partial charge is 0.497 e. The van der Waals surface area contributed by atoms with Gasteiger partial charge in [-0.05, 0) is 62.6 Å². The number of rotatable bonds is 5. The Hall–Kier alpha value is -4.01. The van der Waals surface area contributed by atoms with E-state index in [2.05, 4.69) is 20.3 Å². The lowest BCUT2D eigenvalue weighted by atomic mass is 10.1. The second-order valence-corrected chi connectivity index (χ2v) is 8.19. The van der Waals surface area contributed by atoms with Crippen molar-refractivity contribution in [2.45, 2.75) is 32.7 Å². The van der Waals surface area contributed by atoms with E-state index in [-0.39, 0.29) is 11.9 Å². The fourth-order valence-electron chi connectivity index (χ4n) is 4.25. The standard InChI is InChI=1S/C24H24N6O3/c1-15-6-7-20(30-25-8-9-26-30)19(13-15)24(31)29-10-4-5-21(29)22-27-23(33-28-22)17-11-16(2)12-18(14-17)32-3/h6-9,11-14,21H,4-5,10H2,1-3H3/t21-/m0/s1. The molecule has 0 radical (unpaired) electrons. The Bertz CT molecular complexity index is 1300. The van der Waals surface area contributed by atoms with E-state index in [4.69, 9.17) is 9.26 Å². The fraction of sp³-hybridized carbons (Fsp3) is 0.292. The van der Waals surface area contributed by atoms with Gasteiger partial charge in [0.05, 0.1) is 36.8 Å². The summed E-state index contributed by atoms with van der Waals surface area (Å²) in [6, 6.07) is 11.2. The van der Waals surface area contributed by atoms with Gasteiger partial charge in [-0.3, -0.25) is 4.79 Å². The van der Waals surface area contributed by atoms with Crippen LogP contribution in [0.25, 0.3) is 17.1 Å². The summed E-state index contributed by atoms with van der Waals surface area (Å²) in [5.74, 6) is 1.53. The summed E-state index contributed by atoms with van der Waals surface area (Å²) >= 11 is 0. The molecule has 168 valence electrons. The third-order valence-electron chi connectivity index (χ3n) is 5.80. The highest BCUT2D eigenvalue weighted by Crippen LogP contribution is 2.34. The van der Waals surface area contributed by atoms with E-state index in [1.54, 1.807) is 19.5 Å². The molecule has 0 spiro atoms. The number of amides is 1. The van der Waals surface area contributed by atoms with Crippen LogP contribution in [0.15, 0.2) is 53.3 Å². The van der Waals surface area contributed by atoms with Gasteiger partial charge in [0.2, 0.25) is 0 Å². The zero-order chi connectivity index (χ0) is 22.9. The minimum atomic E-state index is -0.263. The molecule has 0 aliphatic carbocycles. The van der Waals surface area contributed by atoms with E-state index >= 15 is 0 Å². The van der Waals surface area contributed by atoms with Crippen LogP contribution >= 0.6 is 0 Å². The quantitative estimate of drug-likeness (QED) is 0.460. The number of hydrogen-bond donors (Lipinski definition) is 0. The lowest BCUT2D eigenvalue weighted by molar-refractivity contribution is 0.0728. The molecule has 1 saturated heterocycles. The number of carbonyl (C=O) groups is 1. The van der Waals surface area contributed by atoms with Gasteiger partial charge in [0.25, 0.3) is 11.8 Å². The number of aryl methyl sites for hydroxylation is 2. The molecular weight excluding hydrogens is 420 g/mol. The van der Waals surface area contributed by atoms with E-state index < -0.39 is 0 Å². The van der Waals surface area contributed by atoms with Crippen LogP contribution in [0.3, 0.4) is 0 Å². The molecule has 2 aromatic heterocycles. The summed E-state index contributed by atoms with van der Waals surface area (Å²) < 4.78 is 10.9. The molecule has 33 heavy (non-hydrogen) atoms. The van der Waals surface area contributed by atoms with E-state index in [9.17, 15) is 4.79 Å². The number of likely N-dealkylation sites (tertiary alicyclic amines) is 1. The first kappa shape index (κ1) is 20.9. The van der Waals surface area contributed by atoms with Crippen LogP contribution in [0.1, 0.15) is 46.2 Å². The Labute approximate surface area is 191 Å². The molecule has 3 heterocycles. The van der Waals surface area contributed by atoms with E-state index in [0.717, 1.165) is 35.3 Å². The van der Waals surface area contributed by atoms with Gasteiger partial charge in [0.1, 0.15) is 5.75 Å². The van der Waals surface area contributed by atoms with Crippen LogP contribution in [0.4, 0.5) is 0 Å². The Morgan fingerprint density at radius 3 is 2.70 bits per heavy atom. The molecule has 1 atom stereocenters. The van der Waals surface area contributed by atoms with Crippen molar-refractivity contribution in [3.8, 4) is 22.9 Å². The van der Waals surface area contributed by atoms with Gasteiger partial charge in [-0.25, -0.2) is 0 Å². The van der Waals surface area contributed by atoms with Gasteiger partial charge in [-0.2, -0.15) is 20.0 Å². The van der Waals surface area contributed by atoms with Crippen molar-refractivity contribution in [2.24, 2.45) is 0 Å². The van der Waals surface area contributed by atoms with Crippen LogP contribution in [-0.2, 0) is 0 Å². The molecule has 0 N–H and O–H groups in total. The maximum atomic E-state index is 13.7. The van der Waals surface area contributed by atoms with Crippen molar-refractivity contribution in [1.82, 2.24) is 30.0 Å². The zero-order valence-corrected chi connectivity index (χ0v) is 18.7. The van der Waals surface area contributed by atoms with Crippen molar-refractivity contribution < 1.29 is 14.1 Å². The maximum Gasteiger partial charge on any atom is 0.258 e. The number of benzene rings is 2. The van der Waals surface area contributed by atoms with E-state index in [1.807, 2.05) is 55.1 Å². The van der Waals surface area contributed by atoms with Crippen LogP contribution in [0, 0.1) is 13.8 Å². The lowest BCUT2D eigenvalue weighted by Gasteiger charge is -2.23. The summed E-state index contributed by atoms with van der Waals surface area (Å²) in [4.78, 5) is 21.6. The van der Waals surface area contributed by atoms with E-state index in [0.29, 0.717) is 29.5 Å². The average molecular weight is 444 g/mol. The van der Waals surface area contributed by atoms with Gasteiger partial charge >= 0.3 is 0 Å². The second-order valence-electron chi connectivity index (χ2n) is 8.19. The highest BCUT2D eigenvalue weighted by molar-refractivity contribution is 5.98. The van der Waals surface area contributed by atoms with Crippen LogP contribution in [0.5, 0.6) is 5.75 Å². The van der Waals surface area contributed by atoms with Crippen LogP contribution in [0.2, 0.25) is 0 Å². The second kappa shape index (κ2) is 8.50. The summed E-state index contributed by atoms with van der Waals surface area (Å²) in [7, 11) is 1.62. The Balaban J connectivity index is 1.46.